The highest BCUT2D eigenvalue weighted by Crippen LogP contribution is 2.21. The van der Waals surface area contributed by atoms with Gasteiger partial charge in [-0.3, -0.25) is 9.97 Å². The molecule has 2 N–H and O–H groups in total. The Labute approximate surface area is 100 Å². The average molecular weight is 229 g/mol. The van der Waals surface area contributed by atoms with E-state index in [-0.39, 0.29) is 6.04 Å². The summed E-state index contributed by atoms with van der Waals surface area (Å²) in [4.78, 5) is 8.18. The fourth-order valence-corrected chi connectivity index (χ4v) is 1.60. The minimum Gasteiger partial charge on any atom is -0.492 e. The molecule has 0 bridgehead atoms. The highest BCUT2D eigenvalue weighted by molar-refractivity contribution is 5.32. The molecule has 0 aromatic carbocycles. The number of nitrogens with two attached hydrogens (primary N) is 1. The highest BCUT2D eigenvalue weighted by atomic mass is 16.5. The van der Waals surface area contributed by atoms with Gasteiger partial charge in [-0.1, -0.05) is 6.07 Å². The van der Waals surface area contributed by atoms with Crippen molar-refractivity contribution in [3.8, 4) is 5.75 Å². The summed E-state index contributed by atoms with van der Waals surface area (Å²) in [5.74, 6) is 0.740. The lowest BCUT2D eigenvalue weighted by molar-refractivity contribution is 0.338. The van der Waals surface area contributed by atoms with Crippen molar-refractivity contribution >= 4 is 0 Å². The van der Waals surface area contributed by atoms with E-state index in [1.54, 1.807) is 24.8 Å². The summed E-state index contributed by atoms with van der Waals surface area (Å²) in [6, 6.07) is 5.50. The fraction of sp³-hybridized carbons (Fsp3) is 0.231. The molecule has 17 heavy (non-hydrogen) atoms. The van der Waals surface area contributed by atoms with E-state index in [4.69, 9.17) is 10.5 Å². The van der Waals surface area contributed by atoms with E-state index in [1.807, 2.05) is 25.1 Å². The maximum absolute atomic E-state index is 6.15. The third-order valence-electron chi connectivity index (χ3n) is 2.45. The summed E-state index contributed by atoms with van der Waals surface area (Å²) in [6.07, 6.45) is 6.92. The number of pyridine rings is 2. The molecule has 2 heterocycles. The van der Waals surface area contributed by atoms with Crippen molar-refractivity contribution in [2.75, 3.05) is 6.61 Å². The largest absolute Gasteiger partial charge is 0.492 e. The molecule has 88 valence electrons. The van der Waals surface area contributed by atoms with Crippen molar-refractivity contribution in [2.24, 2.45) is 5.73 Å². The predicted molar refractivity (Wildman–Crippen MR) is 65.7 cm³/mol. The Kier molecular flexibility index (Phi) is 3.67. The summed E-state index contributed by atoms with van der Waals surface area (Å²) >= 11 is 0. The molecule has 2 rings (SSSR count). The van der Waals surface area contributed by atoms with Crippen LogP contribution in [0.25, 0.3) is 0 Å². The molecule has 4 nitrogen and oxygen atoms in total. The van der Waals surface area contributed by atoms with Gasteiger partial charge in [-0.25, -0.2) is 0 Å². The predicted octanol–water partition coefficient (Wildman–Crippen LogP) is 1.92. The van der Waals surface area contributed by atoms with Crippen LogP contribution in [0.5, 0.6) is 5.75 Å². The fourth-order valence-electron chi connectivity index (χ4n) is 1.60. The van der Waals surface area contributed by atoms with E-state index in [1.165, 1.54) is 0 Å². The lowest BCUT2D eigenvalue weighted by Crippen LogP contribution is -2.12. The molecule has 0 fully saturated rings. The minimum absolute atomic E-state index is 0.225. The molecule has 0 aliphatic carbocycles. The Morgan fingerprint density at radius 2 is 2.06 bits per heavy atom. The second-order valence-corrected chi connectivity index (χ2v) is 3.65. The van der Waals surface area contributed by atoms with Crippen molar-refractivity contribution < 1.29 is 4.74 Å². The van der Waals surface area contributed by atoms with Crippen LogP contribution in [0.3, 0.4) is 0 Å². The molecule has 0 aliphatic rings. The Balaban J connectivity index is 2.25. The molecule has 1 atom stereocenters. The molecule has 0 saturated carbocycles. The summed E-state index contributed by atoms with van der Waals surface area (Å²) < 4.78 is 5.40. The topological polar surface area (TPSA) is 61.0 Å². The number of rotatable bonds is 4. The summed E-state index contributed by atoms with van der Waals surface area (Å²) in [5.41, 5.74) is 8.03. The van der Waals surface area contributed by atoms with Gasteiger partial charge in [0.15, 0.2) is 0 Å². The zero-order valence-corrected chi connectivity index (χ0v) is 9.71. The van der Waals surface area contributed by atoms with Crippen LogP contribution >= 0.6 is 0 Å². The Bertz CT molecular complexity index is 473. The first-order valence-corrected chi connectivity index (χ1v) is 5.54. The van der Waals surface area contributed by atoms with Crippen molar-refractivity contribution in [1.29, 1.82) is 0 Å². The van der Waals surface area contributed by atoms with Gasteiger partial charge in [0.05, 0.1) is 18.8 Å². The van der Waals surface area contributed by atoms with Gasteiger partial charge in [-0.2, -0.15) is 0 Å². The zero-order chi connectivity index (χ0) is 12.1. The van der Waals surface area contributed by atoms with E-state index < -0.39 is 0 Å². The maximum Gasteiger partial charge on any atom is 0.137 e. The number of aromatic nitrogens is 2. The Hall–Kier alpha value is -1.94. The second kappa shape index (κ2) is 5.41. The second-order valence-electron chi connectivity index (χ2n) is 3.65. The molecular weight excluding hydrogens is 214 g/mol. The molecule has 0 spiro atoms. The molecule has 0 radical (unpaired) electrons. The van der Waals surface area contributed by atoms with Gasteiger partial charge < -0.3 is 10.5 Å². The van der Waals surface area contributed by atoms with E-state index in [2.05, 4.69) is 9.97 Å². The minimum atomic E-state index is -0.225. The first-order chi connectivity index (χ1) is 8.31. The maximum atomic E-state index is 6.15. The smallest absolute Gasteiger partial charge is 0.137 e. The van der Waals surface area contributed by atoms with Gasteiger partial charge in [-0.05, 0) is 30.2 Å². The van der Waals surface area contributed by atoms with Crippen LogP contribution in [0.15, 0.2) is 43.0 Å². The monoisotopic (exact) mass is 229 g/mol. The van der Waals surface area contributed by atoms with Gasteiger partial charge in [0.2, 0.25) is 0 Å². The van der Waals surface area contributed by atoms with Crippen LogP contribution < -0.4 is 10.5 Å². The van der Waals surface area contributed by atoms with E-state index in [0.717, 1.165) is 16.9 Å². The molecule has 2 aromatic rings. The molecule has 2 aromatic heterocycles. The molecular formula is C13H15N3O. The SMILES string of the molecule is CCOc1cncc(C(N)c2cccnc2)c1. The third kappa shape index (κ3) is 2.79. The van der Waals surface area contributed by atoms with Crippen molar-refractivity contribution in [3.05, 3.63) is 54.1 Å². The third-order valence-corrected chi connectivity index (χ3v) is 2.45. The number of ether oxygens (including phenoxy) is 1. The van der Waals surface area contributed by atoms with Crippen LogP contribution in [0, 0.1) is 0 Å². The van der Waals surface area contributed by atoms with Crippen molar-refractivity contribution in [3.63, 3.8) is 0 Å². The first kappa shape index (κ1) is 11.5. The number of hydrogen-bond acceptors (Lipinski definition) is 4. The summed E-state index contributed by atoms with van der Waals surface area (Å²) in [5, 5.41) is 0. The van der Waals surface area contributed by atoms with Gasteiger partial charge >= 0.3 is 0 Å². The summed E-state index contributed by atoms with van der Waals surface area (Å²) in [7, 11) is 0. The van der Waals surface area contributed by atoms with Crippen LogP contribution in [-0.4, -0.2) is 16.6 Å². The zero-order valence-electron chi connectivity index (χ0n) is 9.71. The summed E-state index contributed by atoms with van der Waals surface area (Å²) in [6.45, 7) is 2.56. The highest BCUT2D eigenvalue weighted by Gasteiger charge is 2.10. The normalized spacial score (nSPS) is 12.1. The molecule has 0 aliphatic heterocycles. The van der Waals surface area contributed by atoms with Crippen LogP contribution in [0.2, 0.25) is 0 Å². The van der Waals surface area contributed by atoms with Crippen molar-refractivity contribution in [1.82, 2.24) is 9.97 Å². The first-order valence-electron chi connectivity index (χ1n) is 5.54. The molecule has 1 unspecified atom stereocenters. The van der Waals surface area contributed by atoms with Gasteiger partial charge in [0.25, 0.3) is 0 Å². The van der Waals surface area contributed by atoms with E-state index in [9.17, 15) is 0 Å². The van der Waals surface area contributed by atoms with E-state index >= 15 is 0 Å². The Morgan fingerprint density at radius 3 is 2.76 bits per heavy atom. The molecule has 0 saturated heterocycles. The quantitative estimate of drug-likeness (QED) is 0.870. The van der Waals surface area contributed by atoms with Crippen LogP contribution in [0.4, 0.5) is 0 Å². The van der Waals surface area contributed by atoms with Gasteiger partial charge in [0.1, 0.15) is 5.75 Å². The van der Waals surface area contributed by atoms with E-state index in [0.29, 0.717) is 6.61 Å². The van der Waals surface area contributed by atoms with Crippen molar-refractivity contribution in [2.45, 2.75) is 13.0 Å². The lowest BCUT2D eigenvalue weighted by Gasteiger charge is -2.12. The standard InChI is InChI=1S/C13H15N3O/c1-2-17-12-6-11(8-16-9-12)13(14)10-4-3-5-15-7-10/h3-9,13H,2,14H2,1H3. The Morgan fingerprint density at radius 1 is 1.24 bits per heavy atom. The van der Waals surface area contributed by atoms with Crippen LogP contribution in [-0.2, 0) is 0 Å². The van der Waals surface area contributed by atoms with Gasteiger partial charge in [0, 0.05) is 18.6 Å². The van der Waals surface area contributed by atoms with Crippen LogP contribution in [0.1, 0.15) is 24.1 Å². The van der Waals surface area contributed by atoms with Gasteiger partial charge in [-0.15, -0.1) is 0 Å². The molecule has 4 heteroatoms. The number of nitrogens with zero attached hydrogens (tertiary/aromatic N) is 2. The lowest BCUT2D eigenvalue weighted by atomic mass is 10.0. The average Bonchev–Trinajstić information content (AvgIpc) is 2.40. The number of hydrogen-bond donors (Lipinski definition) is 1. The molecule has 0 amide bonds.